The second-order valence-electron chi connectivity index (χ2n) is 8.16. The minimum atomic E-state index is -0.0112. The van der Waals surface area contributed by atoms with E-state index in [-0.39, 0.29) is 17.6 Å². The maximum atomic E-state index is 6.69. The van der Waals surface area contributed by atoms with Gasteiger partial charge in [0, 0.05) is 22.5 Å². The lowest BCUT2D eigenvalue weighted by Crippen LogP contribution is -2.49. The molecule has 2 aromatic carbocycles. The van der Waals surface area contributed by atoms with Gasteiger partial charge in [-0.15, -0.1) is 0 Å². The van der Waals surface area contributed by atoms with Crippen LogP contribution in [-0.4, -0.2) is 12.1 Å². The molecule has 0 saturated heterocycles. The Balaban J connectivity index is 1.53. The standard InChI is InChI=1S/C24H28BrClN2O/c1-2-23(27)24(19-5-3-4-6-20(19)25)10-7-18(8-11-24)29-22-14-16-9-12-28-15-17(16)13-21(22)26/h3-6,9,12-14,18,23,28H,2,7-8,10-11,15,27H2,1H3/t18-,23-,24-/m0/s1. The van der Waals surface area contributed by atoms with Crippen LogP contribution >= 0.6 is 27.5 Å². The molecule has 154 valence electrons. The summed E-state index contributed by atoms with van der Waals surface area (Å²) in [7, 11) is 0. The predicted molar refractivity (Wildman–Crippen MR) is 124 cm³/mol. The number of hydrogen-bond acceptors (Lipinski definition) is 3. The summed E-state index contributed by atoms with van der Waals surface area (Å²) in [5, 5.41) is 3.91. The van der Waals surface area contributed by atoms with Crippen LogP contribution in [0.15, 0.2) is 47.1 Å². The fourth-order valence-corrected chi connectivity index (χ4v) is 5.74. The molecule has 1 aliphatic carbocycles. The molecule has 2 aliphatic rings. The number of nitrogens with one attached hydrogen (secondary N) is 1. The number of ether oxygens (including phenoxy) is 1. The van der Waals surface area contributed by atoms with Gasteiger partial charge in [0.2, 0.25) is 0 Å². The Hall–Kier alpha value is -1.49. The molecular weight excluding hydrogens is 448 g/mol. The highest BCUT2D eigenvalue weighted by molar-refractivity contribution is 9.10. The van der Waals surface area contributed by atoms with Gasteiger partial charge in [-0.25, -0.2) is 0 Å². The Bertz CT molecular complexity index is 906. The van der Waals surface area contributed by atoms with Crippen molar-refractivity contribution in [3.05, 3.63) is 68.8 Å². The third kappa shape index (κ3) is 4.08. The van der Waals surface area contributed by atoms with Crippen molar-refractivity contribution in [2.75, 3.05) is 0 Å². The number of nitrogens with two attached hydrogens (primary N) is 1. The lowest BCUT2D eigenvalue weighted by atomic mass is 9.64. The monoisotopic (exact) mass is 474 g/mol. The quantitative estimate of drug-likeness (QED) is 0.543. The van der Waals surface area contributed by atoms with Gasteiger partial charge in [0.1, 0.15) is 5.75 Å². The first-order valence-electron chi connectivity index (χ1n) is 10.4. The summed E-state index contributed by atoms with van der Waals surface area (Å²) in [6, 6.07) is 12.7. The SMILES string of the molecule is CC[C@H](N)[C@]1(c2ccccc2Br)CC[C@@H](Oc2cc3c(cc2Cl)CNC=C3)CC1. The lowest BCUT2D eigenvalue weighted by Gasteiger charge is -2.45. The summed E-state index contributed by atoms with van der Waals surface area (Å²) in [6.45, 7) is 2.99. The topological polar surface area (TPSA) is 47.3 Å². The Morgan fingerprint density at radius 3 is 2.76 bits per heavy atom. The van der Waals surface area contributed by atoms with Crippen LogP contribution in [0.1, 0.15) is 55.7 Å². The van der Waals surface area contributed by atoms with Gasteiger partial charge in [0.15, 0.2) is 0 Å². The van der Waals surface area contributed by atoms with E-state index in [0.717, 1.165) is 48.9 Å². The molecular formula is C24H28BrClN2O. The molecule has 2 aromatic rings. The molecule has 3 nitrogen and oxygen atoms in total. The van der Waals surface area contributed by atoms with E-state index < -0.39 is 0 Å². The van der Waals surface area contributed by atoms with Gasteiger partial charge < -0.3 is 15.8 Å². The average Bonchev–Trinajstić information content (AvgIpc) is 2.75. The molecule has 1 heterocycles. The zero-order valence-corrected chi connectivity index (χ0v) is 19.1. The van der Waals surface area contributed by atoms with E-state index in [1.54, 1.807) is 0 Å². The first kappa shape index (κ1) is 20.8. The van der Waals surface area contributed by atoms with E-state index in [0.29, 0.717) is 5.02 Å². The smallest absolute Gasteiger partial charge is 0.138 e. The lowest BCUT2D eigenvalue weighted by molar-refractivity contribution is 0.103. The molecule has 0 radical (unpaired) electrons. The first-order chi connectivity index (χ1) is 14.0. The van der Waals surface area contributed by atoms with Crippen molar-refractivity contribution in [2.45, 2.75) is 63.1 Å². The number of fused-ring (bicyclic) bond motifs is 1. The van der Waals surface area contributed by atoms with Crippen LogP contribution in [-0.2, 0) is 12.0 Å². The maximum Gasteiger partial charge on any atom is 0.138 e. The van der Waals surface area contributed by atoms with E-state index in [1.807, 2.05) is 12.3 Å². The van der Waals surface area contributed by atoms with Crippen LogP contribution < -0.4 is 15.8 Å². The van der Waals surface area contributed by atoms with Crippen LogP contribution in [0.25, 0.3) is 6.08 Å². The van der Waals surface area contributed by atoms with E-state index in [2.05, 4.69) is 64.6 Å². The summed E-state index contributed by atoms with van der Waals surface area (Å²) in [4.78, 5) is 0. The van der Waals surface area contributed by atoms with Crippen LogP contribution in [0.4, 0.5) is 0 Å². The molecule has 1 atom stereocenters. The highest BCUT2D eigenvalue weighted by Crippen LogP contribution is 2.46. The molecule has 1 aliphatic heterocycles. The molecule has 29 heavy (non-hydrogen) atoms. The Morgan fingerprint density at radius 2 is 2.03 bits per heavy atom. The fourth-order valence-electron chi connectivity index (χ4n) is 4.83. The van der Waals surface area contributed by atoms with Crippen molar-refractivity contribution in [1.29, 1.82) is 0 Å². The van der Waals surface area contributed by atoms with Gasteiger partial charge in [-0.05, 0) is 79.3 Å². The second kappa shape index (κ2) is 8.71. The van der Waals surface area contributed by atoms with Crippen molar-refractivity contribution in [3.63, 3.8) is 0 Å². The van der Waals surface area contributed by atoms with Crippen molar-refractivity contribution in [2.24, 2.45) is 5.73 Å². The highest BCUT2D eigenvalue weighted by Gasteiger charge is 2.42. The molecule has 1 fully saturated rings. The van der Waals surface area contributed by atoms with Gasteiger partial charge in [-0.1, -0.05) is 52.7 Å². The zero-order chi connectivity index (χ0) is 20.4. The first-order valence-corrected chi connectivity index (χ1v) is 11.6. The highest BCUT2D eigenvalue weighted by atomic mass is 79.9. The third-order valence-electron chi connectivity index (χ3n) is 6.55. The minimum Gasteiger partial charge on any atom is -0.489 e. The summed E-state index contributed by atoms with van der Waals surface area (Å²) < 4.78 is 7.54. The summed E-state index contributed by atoms with van der Waals surface area (Å²) in [6.07, 6.45) is 9.14. The zero-order valence-electron chi connectivity index (χ0n) is 16.8. The molecule has 1 saturated carbocycles. The number of hydrogen-bond donors (Lipinski definition) is 2. The van der Waals surface area contributed by atoms with Gasteiger partial charge >= 0.3 is 0 Å². The number of rotatable bonds is 5. The average molecular weight is 476 g/mol. The maximum absolute atomic E-state index is 6.69. The minimum absolute atomic E-state index is 0.0112. The number of halogens is 2. The van der Waals surface area contributed by atoms with Crippen LogP contribution in [0, 0.1) is 0 Å². The van der Waals surface area contributed by atoms with E-state index in [4.69, 9.17) is 22.1 Å². The van der Waals surface area contributed by atoms with Crippen molar-refractivity contribution < 1.29 is 4.74 Å². The normalized spacial score (nSPS) is 24.5. The molecule has 0 spiro atoms. The largest absolute Gasteiger partial charge is 0.489 e. The Morgan fingerprint density at radius 1 is 1.28 bits per heavy atom. The third-order valence-corrected chi connectivity index (χ3v) is 7.53. The molecule has 0 bridgehead atoms. The molecule has 3 N–H and O–H groups in total. The summed E-state index contributed by atoms with van der Waals surface area (Å²) in [5.41, 5.74) is 10.4. The summed E-state index contributed by atoms with van der Waals surface area (Å²) in [5.74, 6) is 0.787. The van der Waals surface area contributed by atoms with E-state index in [1.165, 1.54) is 16.7 Å². The van der Waals surface area contributed by atoms with Crippen LogP contribution in [0.2, 0.25) is 5.02 Å². The molecule has 4 rings (SSSR count). The van der Waals surface area contributed by atoms with Gasteiger partial charge in [0.05, 0.1) is 11.1 Å². The van der Waals surface area contributed by atoms with Crippen molar-refractivity contribution in [1.82, 2.24) is 5.32 Å². The van der Waals surface area contributed by atoms with Crippen molar-refractivity contribution >= 4 is 33.6 Å². The van der Waals surface area contributed by atoms with Gasteiger partial charge in [-0.2, -0.15) is 0 Å². The van der Waals surface area contributed by atoms with Crippen molar-refractivity contribution in [3.8, 4) is 5.75 Å². The second-order valence-corrected chi connectivity index (χ2v) is 9.43. The fraction of sp³-hybridized carbons (Fsp3) is 0.417. The predicted octanol–water partition coefficient (Wildman–Crippen LogP) is 6.17. The molecule has 0 amide bonds. The van der Waals surface area contributed by atoms with E-state index in [9.17, 15) is 0 Å². The van der Waals surface area contributed by atoms with Crippen LogP contribution in [0.3, 0.4) is 0 Å². The van der Waals surface area contributed by atoms with Crippen LogP contribution in [0.5, 0.6) is 5.75 Å². The Kier molecular flexibility index (Phi) is 6.24. The van der Waals surface area contributed by atoms with Gasteiger partial charge in [0.25, 0.3) is 0 Å². The Labute approximate surface area is 186 Å². The van der Waals surface area contributed by atoms with Gasteiger partial charge in [-0.3, -0.25) is 0 Å². The number of benzene rings is 2. The summed E-state index contributed by atoms with van der Waals surface area (Å²) >= 11 is 10.3. The molecule has 5 heteroatoms. The van der Waals surface area contributed by atoms with E-state index >= 15 is 0 Å². The molecule has 0 unspecified atom stereocenters. The molecule has 0 aromatic heterocycles.